The standard InChI is InChI=1S/C16H14Br2FNO/c17-11-1-6-16(10(7-11)9-20-12-2-3-12)21-13-4-5-15(19)14(18)8-13/h1,4-8,12,20H,2-3,9H2. The van der Waals surface area contributed by atoms with E-state index in [-0.39, 0.29) is 5.82 Å². The predicted molar refractivity (Wildman–Crippen MR) is 88.2 cm³/mol. The van der Waals surface area contributed by atoms with Gasteiger partial charge in [0.25, 0.3) is 0 Å². The summed E-state index contributed by atoms with van der Waals surface area (Å²) in [5.74, 6) is 1.09. The zero-order chi connectivity index (χ0) is 14.8. The average molecular weight is 415 g/mol. The van der Waals surface area contributed by atoms with Crippen LogP contribution in [-0.4, -0.2) is 6.04 Å². The highest BCUT2D eigenvalue weighted by molar-refractivity contribution is 9.10. The number of hydrogen-bond acceptors (Lipinski definition) is 2. The summed E-state index contributed by atoms with van der Waals surface area (Å²) >= 11 is 6.66. The highest BCUT2D eigenvalue weighted by atomic mass is 79.9. The Balaban J connectivity index is 1.80. The van der Waals surface area contributed by atoms with Gasteiger partial charge in [-0.2, -0.15) is 0 Å². The summed E-state index contributed by atoms with van der Waals surface area (Å²) in [5, 5.41) is 3.48. The Morgan fingerprint density at radius 2 is 1.95 bits per heavy atom. The van der Waals surface area contributed by atoms with Gasteiger partial charge in [-0.1, -0.05) is 15.9 Å². The van der Waals surface area contributed by atoms with E-state index >= 15 is 0 Å². The molecule has 1 saturated carbocycles. The summed E-state index contributed by atoms with van der Waals surface area (Å²) in [4.78, 5) is 0. The summed E-state index contributed by atoms with van der Waals surface area (Å²) < 4.78 is 20.6. The van der Waals surface area contributed by atoms with Gasteiger partial charge in [-0.15, -0.1) is 0 Å². The van der Waals surface area contributed by atoms with Gasteiger partial charge in [0.2, 0.25) is 0 Å². The molecule has 0 bridgehead atoms. The van der Waals surface area contributed by atoms with Gasteiger partial charge in [0.15, 0.2) is 0 Å². The van der Waals surface area contributed by atoms with E-state index in [4.69, 9.17) is 4.74 Å². The van der Waals surface area contributed by atoms with Crippen LogP contribution < -0.4 is 10.1 Å². The minimum atomic E-state index is -0.297. The molecule has 0 spiro atoms. The number of ether oxygens (including phenoxy) is 1. The van der Waals surface area contributed by atoms with E-state index in [1.165, 1.54) is 18.9 Å². The number of rotatable bonds is 5. The van der Waals surface area contributed by atoms with Gasteiger partial charge in [-0.05, 0) is 65.2 Å². The van der Waals surface area contributed by atoms with Gasteiger partial charge in [0.05, 0.1) is 4.47 Å². The molecule has 1 fully saturated rings. The number of hydrogen-bond donors (Lipinski definition) is 1. The van der Waals surface area contributed by atoms with Crippen LogP contribution in [0, 0.1) is 5.82 Å². The molecule has 2 nitrogen and oxygen atoms in total. The summed E-state index contributed by atoms with van der Waals surface area (Å²) in [6.45, 7) is 0.766. The number of nitrogens with one attached hydrogen (secondary N) is 1. The van der Waals surface area contributed by atoms with Crippen molar-refractivity contribution in [2.45, 2.75) is 25.4 Å². The fourth-order valence-electron chi connectivity index (χ4n) is 1.99. The molecule has 0 heterocycles. The Hall–Kier alpha value is -0.910. The van der Waals surface area contributed by atoms with Gasteiger partial charge < -0.3 is 10.1 Å². The van der Waals surface area contributed by atoms with Crippen molar-refractivity contribution in [3.63, 3.8) is 0 Å². The lowest BCUT2D eigenvalue weighted by Crippen LogP contribution is -2.15. The van der Waals surface area contributed by atoms with Crippen molar-refractivity contribution in [2.75, 3.05) is 0 Å². The molecule has 2 aromatic rings. The minimum Gasteiger partial charge on any atom is -0.457 e. The third-order valence-corrected chi connectivity index (χ3v) is 4.40. The normalized spacial score (nSPS) is 14.2. The van der Waals surface area contributed by atoms with Crippen molar-refractivity contribution in [2.24, 2.45) is 0 Å². The quantitative estimate of drug-likeness (QED) is 0.707. The third-order valence-electron chi connectivity index (χ3n) is 3.30. The van der Waals surface area contributed by atoms with E-state index in [0.717, 1.165) is 22.3 Å². The van der Waals surface area contributed by atoms with E-state index < -0.39 is 0 Å². The van der Waals surface area contributed by atoms with E-state index in [1.54, 1.807) is 12.1 Å². The first kappa shape index (κ1) is 15.0. The second-order valence-electron chi connectivity index (χ2n) is 5.09. The van der Waals surface area contributed by atoms with Gasteiger partial charge in [-0.25, -0.2) is 4.39 Å². The van der Waals surface area contributed by atoms with Gasteiger partial charge in [-0.3, -0.25) is 0 Å². The molecule has 0 unspecified atom stereocenters. The Morgan fingerprint density at radius 1 is 1.14 bits per heavy atom. The second-order valence-corrected chi connectivity index (χ2v) is 6.86. The summed E-state index contributed by atoms with van der Waals surface area (Å²) in [7, 11) is 0. The molecule has 1 N–H and O–H groups in total. The lowest BCUT2D eigenvalue weighted by molar-refractivity contribution is 0.470. The molecule has 0 radical (unpaired) electrons. The Bertz CT molecular complexity index is 659. The van der Waals surface area contributed by atoms with Crippen molar-refractivity contribution in [3.8, 4) is 11.5 Å². The monoisotopic (exact) mass is 413 g/mol. The molecule has 1 aliphatic carbocycles. The zero-order valence-electron chi connectivity index (χ0n) is 11.2. The Labute approximate surface area is 140 Å². The topological polar surface area (TPSA) is 21.3 Å². The van der Waals surface area contributed by atoms with Crippen LogP contribution in [0.2, 0.25) is 0 Å². The van der Waals surface area contributed by atoms with Crippen molar-refractivity contribution in [1.29, 1.82) is 0 Å². The molecule has 21 heavy (non-hydrogen) atoms. The van der Waals surface area contributed by atoms with Crippen molar-refractivity contribution in [3.05, 3.63) is 56.7 Å². The molecular formula is C16H14Br2FNO. The van der Waals surface area contributed by atoms with Crippen LogP contribution in [0.25, 0.3) is 0 Å². The minimum absolute atomic E-state index is 0.297. The highest BCUT2D eigenvalue weighted by Gasteiger charge is 2.20. The smallest absolute Gasteiger partial charge is 0.137 e. The third kappa shape index (κ3) is 4.05. The molecule has 3 rings (SSSR count). The summed E-state index contributed by atoms with van der Waals surface area (Å²) in [6, 6.07) is 11.2. The number of halogens is 3. The lowest BCUT2D eigenvalue weighted by atomic mass is 10.2. The molecule has 110 valence electrons. The maximum Gasteiger partial charge on any atom is 0.137 e. The van der Waals surface area contributed by atoms with Crippen LogP contribution in [0.1, 0.15) is 18.4 Å². The maximum absolute atomic E-state index is 13.3. The van der Waals surface area contributed by atoms with Crippen molar-refractivity contribution >= 4 is 31.9 Å². The molecular weight excluding hydrogens is 401 g/mol. The summed E-state index contributed by atoms with van der Waals surface area (Å²) in [6.07, 6.45) is 2.49. The molecule has 0 amide bonds. The highest BCUT2D eigenvalue weighted by Crippen LogP contribution is 2.31. The van der Waals surface area contributed by atoms with Crippen LogP contribution in [0.4, 0.5) is 4.39 Å². The first-order valence-corrected chi connectivity index (χ1v) is 8.35. The fourth-order valence-corrected chi connectivity index (χ4v) is 2.76. The van der Waals surface area contributed by atoms with Crippen LogP contribution in [0.3, 0.4) is 0 Å². The van der Waals surface area contributed by atoms with Crippen LogP contribution in [-0.2, 0) is 6.54 Å². The molecule has 0 aromatic heterocycles. The van der Waals surface area contributed by atoms with Crippen LogP contribution >= 0.6 is 31.9 Å². The summed E-state index contributed by atoms with van der Waals surface area (Å²) in [5.41, 5.74) is 1.08. The largest absolute Gasteiger partial charge is 0.457 e. The Morgan fingerprint density at radius 3 is 2.67 bits per heavy atom. The van der Waals surface area contributed by atoms with Crippen LogP contribution in [0.5, 0.6) is 11.5 Å². The number of benzene rings is 2. The zero-order valence-corrected chi connectivity index (χ0v) is 14.4. The van der Waals surface area contributed by atoms with E-state index in [1.807, 2.05) is 18.2 Å². The molecule has 2 aromatic carbocycles. The van der Waals surface area contributed by atoms with Gasteiger partial charge >= 0.3 is 0 Å². The Kier molecular flexibility index (Phi) is 4.62. The van der Waals surface area contributed by atoms with Crippen molar-refractivity contribution < 1.29 is 9.13 Å². The van der Waals surface area contributed by atoms with E-state index in [0.29, 0.717) is 16.3 Å². The molecule has 0 saturated heterocycles. The van der Waals surface area contributed by atoms with Gasteiger partial charge in [0.1, 0.15) is 17.3 Å². The SMILES string of the molecule is Fc1ccc(Oc2ccc(Br)cc2CNC2CC2)cc1Br. The molecule has 5 heteroatoms. The maximum atomic E-state index is 13.3. The first-order chi connectivity index (χ1) is 10.1. The van der Waals surface area contributed by atoms with E-state index in [2.05, 4.69) is 37.2 Å². The van der Waals surface area contributed by atoms with Gasteiger partial charge in [0, 0.05) is 22.6 Å². The molecule has 0 aliphatic heterocycles. The predicted octanol–water partition coefficient (Wildman–Crippen LogP) is 5.40. The molecule has 0 atom stereocenters. The van der Waals surface area contributed by atoms with Crippen LogP contribution in [0.15, 0.2) is 45.3 Å². The first-order valence-electron chi connectivity index (χ1n) is 6.76. The average Bonchev–Trinajstić information content (AvgIpc) is 3.27. The fraction of sp³-hybridized carbons (Fsp3) is 0.250. The van der Waals surface area contributed by atoms with Crippen molar-refractivity contribution in [1.82, 2.24) is 5.32 Å². The molecule has 1 aliphatic rings. The van der Waals surface area contributed by atoms with E-state index in [9.17, 15) is 4.39 Å². The lowest BCUT2D eigenvalue weighted by Gasteiger charge is -2.13. The second kappa shape index (κ2) is 6.46.